The van der Waals surface area contributed by atoms with Gasteiger partial charge >= 0.3 is 0 Å². The van der Waals surface area contributed by atoms with Gasteiger partial charge in [0.2, 0.25) is 0 Å². The van der Waals surface area contributed by atoms with Gasteiger partial charge in [0.25, 0.3) is 5.89 Å². The van der Waals surface area contributed by atoms with Crippen LogP contribution in [0.25, 0.3) is 22.4 Å². The third-order valence-corrected chi connectivity index (χ3v) is 4.23. The molecule has 2 N–H and O–H groups in total. The quantitative estimate of drug-likeness (QED) is 0.783. The van der Waals surface area contributed by atoms with Gasteiger partial charge in [-0.25, -0.2) is 0 Å². The molecule has 1 aliphatic carbocycles. The highest BCUT2D eigenvalue weighted by molar-refractivity contribution is 5.91. The monoisotopic (exact) mass is 316 g/mol. The first-order chi connectivity index (χ1) is 10.3. The summed E-state index contributed by atoms with van der Waals surface area (Å²) in [6.45, 7) is 0. The van der Waals surface area contributed by atoms with E-state index in [0.29, 0.717) is 11.7 Å². The van der Waals surface area contributed by atoms with E-state index in [1.165, 1.54) is 0 Å². The highest BCUT2D eigenvalue weighted by Crippen LogP contribution is 2.36. The molecule has 22 heavy (non-hydrogen) atoms. The molecule has 0 spiro atoms. The van der Waals surface area contributed by atoms with Gasteiger partial charge in [0.1, 0.15) is 0 Å². The number of para-hydroxylation sites is 1. The summed E-state index contributed by atoms with van der Waals surface area (Å²) in [6.07, 6.45) is 5.84. The predicted octanol–water partition coefficient (Wildman–Crippen LogP) is 3.43. The van der Waals surface area contributed by atoms with E-state index in [0.717, 1.165) is 42.1 Å². The molecular formula is C16H17ClN4O. The van der Waals surface area contributed by atoms with Crippen molar-refractivity contribution in [2.75, 3.05) is 0 Å². The van der Waals surface area contributed by atoms with E-state index in [-0.39, 0.29) is 12.4 Å². The summed E-state index contributed by atoms with van der Waals surface area (Å²) in [5.74, 6) is 1.11. The molecule has 0 atom stereocenters. The highest BCUT2D eigenvalue weighted by atomic mass is 35.5. The number of aromatic nitrogens is 3. The van der Waals surface area contributed by atoms with E-state index in [9.17, 15) is 0 Å². The second-order valence-electron chi connectivity index (χ2n) is 5.67. The molecule has 114 valence electrons. The first kappa shape index (κ1) is 14.9. The molecule has 0 bridgehead atoms. The van der Waals surface area contributed by atoms with Gasteiger partial charge in [-0.05, 0) is 25.0 Å². The minimum atomic E-state index is -0.431. The third-order valence-electron chi connectivity index (χ3n) is 4.23. The molecule has 0 amide bonds. The van der Waals surface area contributed by atoms with Crippen molar-refractivity contribution in [1.82, 2.24) is 15.1 Å². The van der Waals surface area contributed by atoms with Crippen LogP contribution < -0.4 is 5.73 Å². The Labute approximate surface area is 134 Å². The third kappa shape index (κ3) is 2.36. The maximum Gasteiger partial charge on any atom is 0.260 e. The van der Waals surface area contributed by atoms with Crippen LogP contribution in [0, 0.1) is 0 Å². The summed E-state index contributed by atoms with van der Waals surface area (Å²) in [7, 11) is 0. The van der Waals surface area contributed by atoms with Crippen molar-refractivity contribution in [2.45, 2.75) is 31.2 Å². The molecule has 1 aromatic carbocycles. The molecule has 4 rings (SSSR count). The van der Waals surface area contributed by atoms with Crippen molar-refractivity contribution in [3.8, 4) is 11.5 Å². The first-order valence-electron chi connectivity index (χ1n) is 7.23. The van der Waals surface area contributed by atoms with E-state index in [1.54, 1.807) is 6.20 Å². The molecule has 0 aliphatic heterocycles. The fourth-order valence-corrected chi connectivity index (χ4v) is 3.04. The Balaban J connectivity index is 0.00000144. The zero-order valence-electron chi connectivity index (χ0n) is 12.0. The van der Waals surface area contributed by atoms with Crippen molar-refractivity contribution in [3.63, 3.8) is 0 Å². The zero-order chi connectivity index (χ0) is 14.3. The summed E-state index contributed by atoms with van der Waals surface area (Å²) in [5.41, 5.74) is 7.68. The number of nitrogens with zero attached hydrogens (tertiary/aromatic N) is 3. The van der Waals surface area contributed by atoms with Crippen LogP contribution in [0.3, 0.4) is 0 Å². The summed E-state index contributed by atoms with van der Waals surface area (Å²) in [6, 6.07) is 9.87. The summed E-state index contributed by atoms with van der Waals surface area (Å²) < 4.78 is 5.46. The van der Waals surface area contributed by atoms with E-state index in [2.05, 4.69) is 15.1 Å². The SMILES string of the molecule is Cl.NC1(c2noc(-c3cccc4cccnc34)n2)CCCC1. The lowest BCUT2D eigenvalue weighted by Gasteiger charge is -2.17. The minimum absolute atomic E-state index is 0. The number of rotatable bonds is 2. The van der Waals surface area contributed by atoms with Crippen LogP contribution in [0.15, 0.2) is 41.1 Å². The van der Waals surface area contributed by atoms with Gasteiger partial charge in [0, 0.05) is 11.6 Å². The molecule has 0 unspecified atom stereocenters. The molecule has 6 heteroatoms. The maximum atomic E-state index is 6.38. The Morgan fingerprint density at radius 3 is 2.68 bits per heavy atom. The Hall–Kier alpha value is -1.98. The fourth-order valence-electron chi connectivity index (χ4n) is 3.04. The second-order valence-corrected chi connectivity index (χ2v) is 5.67. The summed E-state index contributed by atoms with van der Waals surface area (Å²) in [4.78, 5) is 8.96. The zero-order valence-corrected chi connectivity index (χ0v) is 12.8. The van der Waals surface area contributed by atoms with Gasteiger partial charge in [0.15, 0.2) is 5.82 Å². The number of hydrogen-bond acceptors (Lipinski definition) is 5. The molecule has 5 nitrogen and oxygen atoms in total. The smallest absolute Gasteiger partial charge is 0.260 e. The highest BCUT2D eigenvalue weighted by Gasteiger charge is 2.36. The van der Waals surface area contributed by atoms with Crippen LogP contribution in [-0.2, 0) is 5.54 Å². The molecule has 2 aromatic heterocycles. The lowest BCUT2D eigenvalue weighted by atomic mass is 9.98. The number of benzene rings is 1. The van der Waals surface area contributed by atoms with Gasteiger partial charge in [-0.2, -0.15) is 4.98 Å². The predicted molar refractivity (Wildman–Crippen MR) is 86.6 cm³/mol. The molecule has 3 aromatic rings. The number of pyridine rings is 1. The summed E-state index contributed by atoms with van der Waals surface area (Å²) in [5, 5.41) is 5.17. The largest absolute Gasteiger partial charge is 0.334 e. The van der Waals surface area contributed by atoms with Gasteiger partial charge in [-0.1, -0.05) is 36.2 Å². The number of fused-ring (bicyclic) bond motifs is 1. The number of hydrogen-bond donors (Lipinski definition) is 1. The van der Waals surface area contributed by atoms with Crippen LogP contribution >= 0.6 is 12.4 Å². The second kappa shape index (κ2) is 5.66. The lowest BCUT2D eigenvalue weighted by Crippen LogP contribution is -2.34. The first-order valence-corrected chi connectivity index (χ1v) is 7.23. The molecule has 1 saturated carbocycles. The lowest BCUT2D eigenvalue weighted by molar-refractivity contribution is 0.373. The topological polar surface area (TPSA) is 77.8 Å². The molecule has 2 heterocycles. The van der Waals surface area contributed by atoms with Gasteiger partial charge in [0.05, 0.1) is 16.6 Å². The van der Waals surface area contributed by atoms with Crippen molar-refractivity contribution >= 4 is 23.3 Å². The molecule has 1 aliphatic rings. The standard InChI is InChI=1S/C16H16N4O.ClH/c17-16(8-1-2-9-16)15-19-14(21-20-15)12-7-3-5-11-6-4-10-18-13(11)12;/h3-7,10H,1-2,8-9,17H2;1H. The van der Waals surface area contributed by atoms with Crippen LogP contribution in [-0.4, -0.2) is 15.1 Å². The van der Waals surface area contributed by atoms with Gasteiger partial charge in [-0.3, -0.25) is 4.98 Å². The molecule has 0 radical (unpaired) electrons. The number of halogens is 1. The van der Waals surface area contributed by atoms with Crippen LogP contribution in [0.1, 0.15) is 31.5 Å². The van der Waals surface area contributed by atoms with Crippen molar-refractivity contribution in [1.29, 1.82) is 0 Å². The van der Waals surface area contributed by atoms with Crippen LogP contribution in [0.5, 0.6) is 0 Å². The maximum absolute atomic E-state index is 6.38. The normalized spacial score (nSPS) is 16.6. The van der Waals surface area contributed by atoms with E-state index >= 15 is 0 Å². The summed E-state index contributed by atoms with van der Waals surface area (Å²) >= 11 is 0. The van der Waals surface area contributed by atoms with E-state index in [1.807, 2.05) is 30.3 Å². The van der Waals surface area contributed by atoms with E-state index < -0.39 is 5.54 Å². The molecule has 0 saturated heterocycles. The van der Waals surface area contributed by atoms with Crippen molar-refractivity contribution in [2.24, 2.45) is 5.73 Å². The Morgan fingerprint density at radius 1 is 1.09 bits per heavy atom. The fraction of sp³-hybridized carbons (Fsp3) is 0.312. The van der Waals surface area contributed by atoms with Crippen LogP contribution in [0.4, 0.5) is 0 Å². The van der Waals surface area contributed by atoms with Crippen LogP contribution in [0.2, 0.25) is 0 Å². The average Bonchev–Trinajstić information content (AvgIpc) is 3.16. The van der Waals surface area contributed by atoms with Crippen molar-refractivity contribution in [3.05, 3.63) is 42.4 Å². The van der Waals surface area contributed by atoms with Gasteiger partial charge < -0.3 is 10.3 Å². The number of nitrogens with two attached hydrogens (primary N) is 1. The Bertz CT molecular complexity index is 790. The minimum Gasteiger partial charge on any atom is -0.334 e. The molecular weight excluding hydrogens is 300 g/mol. The average molecular weight is 317 g/mol. The van der Waals surface area contributed by atoms with E-state index in [4.69, 9.17) is 10.3 Å². The Morgan fingerprint density at radius 2 is 1.86 bits per heavy atom. The van der Waals surface area contributed by atoms with Crippen molar-refractivity contribution < 1.29 is 4.52 Å². The molecule has 1 fully saturated rings. The van der Waals surface area contributed by atoms with Gasteiger partial charge in [-0.15, -0.1) is 12.4 Å². The Kier molecular flexibility index (Phi) is 3.85.